The van der Waals surface area contributed by atoms with Crippen LogP contribution in [0, 0.1) is 0 Å². The van der Waals surface area contributed by atoms with Gasteiger partial charge in [-0.25, -0.2) is 0 Å². The number of halogens is 1. The number of carbonyl (C=O) groups excluding carboxylic acids is 1. The molecule has 5 heteroatoms. The average molecular weight is 268 g/mol. The van der Waals surface area contributed by atoms with Crippen molar-refractivity contribution in [1.82, 2.24) is 5.32 Å². The van der Waals surface area contributed by atoms with Crippen LogP contribution in [0.2, 0.25) is 5.02 Å². The minimum absolute atomic E-state index is 0.102. The molecule has 18 heavy (non-hydrogen) atoms. The van der Waals surface area contributed by atoms with Crippen molar-refractivity contribution in [3.8, 4) is 0 Å². The van der Waals surface area contributed by atoms with E-state index in [9.17, 15) is 4.79 Å². The smallest absolute Gasteiger partial charge is 0.221 e. The van der Waals surface area contributed by atoms with E-state index in [0.29, 0.717) is 29.7 Å². The molecule has 3 N–H and O–H groups in total. The summed E-state index contributed by atoms with van der Waals surface area (Å²) in [5.74, 6) is 0.102. The van der Waals surface area contributed by atoms with Gasteiger partial charge in [0.25, 0.3) is 0 Å². The monoisotopic (exact) mass is 267 g/mol. The summed E-state index contributed by atoms with van der Waals surface area (Å²) in [4.78, 5) is 13.5. The number of hydrogen-bond acceptors (Lipinski definition) is 3. The Morgan fingerprint density at radius 1 is 1.56 bits per heavy atom. The Morgan fingerprint density at radius 3 is 2.94 bits per heavy atom. The van der Waals surface area contributed by atoms with Crippen LogP contribution in [0.1, 0.15) is 19.3 Å². The Labute approximate surface area is 112 Å². The van der Waals surface area contributed by atoms with Crippen molar-refractivity contribution in [2.75, 3.05) is 24.2 Å². The van der Waals surface area contributed by atoms with Crippen molar-refractivity contribution in [2.24, 2.45) is 0 Å². The van der Waals surface area contributed by atoms with E-state index < -0.39 is 0 Å². The minimum Gasteiger partial charge on any atom is -0.397 e. The first-order valence-corrected chi connectivity index (χ1v) is 6.49. The number of benzene rings is 1. The number of anilines is 2. The van der Waals surface area contributed by atoms with Gasteiger partial charge in [-0.3, -0.25) is 4.79 Å². The summed E-state index contributed by atoms with van der Waals surface area (Å²) in [7, 11) is 1.91. The molecule has 1 fully saturated rings. The second-order valence-corrected chi connectivity index (χ2v) is 5.15. The molecule has 1 aromatic carbocycles. The van der Waals surface area contributed by atoms with Crippen LogP contribution >= 0.6 is 11.6 Å². The van der Waals surface area contributed by atoms with E-state index in [0.717, 1.165) is 18.5 Å². The largest absolute Gasteiger partial charge is 0.397 e. The zero-order chi connectivity index (χ0) is 13.1. The van der Waals surface area contributed by atoms with Crippen molar-refractivity contribution in [1.29, 1.82) is 0 Å². The maximum Gasteiger partial charge on any atom is 0.221 e. The van der Waals surface area contributed by atoms with Crippen molar-refractivity contribution in [2.45, 2.75) is 25.3 Å². The summed E-state index contributed by atoms with van der Waals surface area (Å²) in [5, 5.41) is 3.61. The molecule has 0 aromatic heterocycles. The average Bonchev–Trinajstić information content (AvgIpc) is 3.13. The van der Waals surface area contributed by atoms with Crippen LogP contribution in [0.3, 0.4) is 0 Å². The van der Waals surface area contributed by atoms with Gasteiger partial charge in [0.1, 0.15) is 0 Å². The second kappa shape index (κ2) is 5.48. The van der Waals surface area contributed by atoms with Gasteiger partial charge in [0.15, 0.2) is 0 Å². The highest BCUT2D eigenvalue weighted by atomic mass is 35.5. The van der Waals surface area contributed by atoms with Gasteiger partial charge in [0.2, 0.25) is 5.91 Å². The highest BCUT2D eigenvalue weighted by molar-refractivity contribution is 6.31. The molecule has 0 heterocycles. The van der Waals surface area contributed by atoms with Crippen molar-refractivity contribution >= 4 is 28.9 Å². The van der Waals surface area contributed by atoms with Crippen LogP contribution in [0.25, 0.3) is 0 Å². The highest BCUT2D eigenvalue weighted by Gasteiger charge is 2.23. The van der Waals surface area contributed by atoms with Crippen LogP contribution in [-0.2, 0) is 4.79 Å². The molecule has 0 spiro atoms. The normalized spacial score (nSPS) is 14.3. The maximum atomic E-state index is 11.6. The Hall–Kier alpha value is -1.42. The third kappa shape index (κ3) is 3.53. The zero-order valence-electron chi connectivity index (χ0n) is 10.4. The molecule has 0 atom stereocenters. The van der Waals surface area contributed by atoms with Gasteiger partial charge >= 0.3 is 0 Å². The van der Waals surface area contributed by atoms with E-state index in [1.807, 2.05) is 18.0 Å². The van der Waals surface area contributed by atoms with Crippen molar-refractivity contribution in [3.63, 3.8) is 0 Å². The molecule has 0 radical (unpaired) electrons. The molecule has 98 valence electrons. The molecule has 0 unspecified atom stereocenters. The van der Waals surface area contributed by atoms with Gasteiger partial charge < -0.3 is 16.0 Å². The summed E-state index contributed by atoms with van der Waals surface area (Å²) >= 11 is 5.94. The number of hydrogen-bond donors (Lipinski definition) is 2. The standard InChI is InChI=1S/C13H18ClN3O/c1-17(7-6-13(18)16-10-3-4-10)12-8-9(14)2-5-11(12)15/h2,5,8,10H,3-4,6-7,15H2,1H3,(H,16,18). The first-order valence-electron chi connectivity index (χ1n) is 6.12. The van der Waals surface area contributed by atoms with E-state index in [-0.39, 0.29) is 5.91 Å². The molecule has 1 saturated carbocycles. The number of nitrogen functional groups attached to an aromatic ring is 1. The third-order valence-electron chi connectivity index (χ3n) is 3.02. The molecule has 1 amide bonds. The Bertz CT molecular complexity index is 446. The molecule has 0 saturated heterocycles. The number of amides is 1. The summed E-state index contributed by atoms with van der Waals surface area (Å²) in [5.41, 5.74) is 7.42. The second-order valence-electron chi connectivity index (χ2n) is 4.72. The first-order chi connectivity index (χ1) is 8.56. The molecule has 2 rings (SSSR count). The van der Waals surface area contributed by atoms with Crippen LogP contribution in [0.15, 0.2) is 18.2 Å². The lowest BCUT2D eigenvalue weighted by atomic mass is 10.2. The van der Waals surface area contributed by atoms with Gasteiger partial charge in [-0.05, 0) is 31.0 Å². The van der Waals surface area contributed by atoms with Gasteiger partial charge in [-0.1, -0.05) is 11.6 Å². The summed E-state index contributed by atoms with van der Waals surface area (Å²) in [6, 6.07) is 5.77. The number of nitrogens with one attached hydrogen (secondary N) is 1. The fourth-order valence-electron chi connectivity index (χ4n) is 1.76. The summed E-state index contributed by atoms with van der Waals surface area (Å²) < 4.78 is 0. The van der Waals surface area contributed by atoms with Crippen LogP contribution < -0.4 is 16.0 Å². The SMILES string of the molecule is CN(CCC(=O)NC1CC1)c1cc(Cl)ccc1N. The van der Waals surface area contributed by atoms with E-state index in [2.05, 4.69) is 5.32 Å². The van der Waals surface area contributed by atoms with Gasteiger partial charge in [0, 0.05) is 31.1 Å². The number of rotatable bonds is 5. The highest BCUT2D eigenvalue weighted by Crippen LogP contribution is 2.26. The predicted octanol–water partition coefficient (Wildman–Crippen LogP) is 2.03. The summed E-state index contributed by atoms with van der Waals surface area (Å²) in [6.45, 7) is 0.628. The molecule has 1 aliphatic rings. The van der Waals surface area contributed by atoms with Gasteiger partial charge in [-0.15, -0.1) is 0 Å². The van der Waals surface area contributed by atoms with Gasteiger partial charge in [-0.2, -0.15) is 0 Å². The van der Waals surface area contributed by atoms with E-state index >= 15 is 0 Å². The number of nitrogens with two attached hydrogens (primary N) is 1. The van der Waals surface area contributed by atoms with E-state index in [1.165, 1.54) is 0 Å². The summed E-state index contributed by atoms with van der Waals surface area (Å²) in [6.07, 6.45) is 2.70. The Morgan fingerprint density at radius 2 is 2.28 bits per heavy atom. The lowest BCUT2D eigenvalue weighted by Gasteiger charge is -2.21. The Kier molecular flexibility index (Phi) is 3.97. The Balaban J connectivity index is 1.87. The maximum absolute atomic E-state index is 11.6. The van der Waals surface area contributed by atoms with Crippen molar-refractivity contribution in [3.05, 3.63) is 23.2 Å². The molecule has 1 aliphatic carbocycles. The third-order valence-corrected chi connectivity index (χ3v) is 3.26. The molecule has 0 bridgehead atoms. The number of carbonyl (C=O) groups is 1. The lowest BCUT2D eigenvalue weighted by molar-refractivity contribution is -0.121. The van der Waals surface area contributed by atoms with E-state index in [1.54, 1.807) is 12.1 Å². The molecule has 1 aromatic rings. The fourth-order valence-corrected chi connectivity index (χ4v) is 1.93. The molecule has 0 aliphatic heterocycles. The topological polar surface area (TPSA) is 58.4 Å². The quantitative estimate of drug-likeness (QED) is 0.803. The minimum atomic E-state index is 0.102. The molecule has 4 nitrogen and oxygen atoms in total. The molecular formula is C13H18ClN3O. The fraction of sp³-hybridized carbons (Fsp3) is 0.462. The van der Waals surface area contributed by atoms with Gasteiger partial charge in [0.05, 0.1) is 11.4 Å². The molecular weight excluding hydrogens is 250 g/mol. The lowest BCUT2D eigenvalue weighted by Crippen LogP contribution is -2.30. The van der Waals surface area contributed by atoms with Crippen LogP contribution in [0.5, 0.6) is 0 Å². The first kappa shape index (κ1) is 13.0. The van der Waals surface area contributed by atoms with Crippen molar-refractivity contribution < 1.29 is 4.79 Å². The van der Waals surface area contributed by atoms with E-state index in [4.69, 9.17) is 17.3 Å². The van der Waals surface area contributed by atoms with Crippen LogP contribution in [0.4, 0.5) is 11.4 Å². The van der Waals surface area contributed by atoms with Crippen LogP contribution in [-0.4, -0.2) is 25.5 Å². The predicted molar refractivity (Wildman–Crippen MR) is 74.9 cm³/mol. The zero-order valence-corrected chi connectivity index (χ0v) is 11.2. The number of nitrogens with zero attached hydrogens (tertiary/aromatic N) is 1.